The average Bonchev–Trinajstić information content (AvgIpc) is 2.39. The van der Waals surface area contributed by atoms with Gasteiger partial charge in [-0.1, -0.05) is 18.2 Å². The lowest BCUT2D eigenvalue weighted by Gasteiger charge is -2.17. The second-order valence-corrected chi connectivity index (χ2v) is 3.71. The molecule has 0 radical (unpaired) electrons. The van der Waals surface area contributed by atoms with Crippen LogP contribution in [0.3, 0.4) is 0 Å². The van der Waals surface area contributed by atoms with Crippen LogP contribution in [0, 0.1) is 11.3 Å². The fourth-order valence-electron chi connectivity index (χ4n) is 1.65. The Morgan fingerprint density at radius 2 is 2.00 bits per heavy atom. The standard InChI is InChI=1S/C11H10N2/c1-11(2)8-5-3-4-6-9(8)13-10(11)7-12/h3-6H,1-2H3. The minimum absolute atomic E-state index is 0.217. The fraction of sp³-hybridized carbons (Fsp3) is 0.273. The topological polar surface area (TPSA) is 36.1 Å². The number of benzene rings is 1. The van der Waals surface area contributed by atoms with Crippen molar-refractivity contribution in [3.05, 3.63) is 29.8 Å². The van der Waals surface area contributed by atoms with Gasteiger partial charge in [-0.2, -0.15) is 5.26 Å². The largest absolute Gasteiger partial charge is 0.241 e. The van der Waals surface area contributed by atoms with Crippen LogP contribution in [0.5, 0.6) is 0 Å². The van der Waals surface area contributed by atoms with E-state index in [2.05, 4.69) is 11.1 Å². The van der Waals surface area contributed by atoms with E-state index in [1.807, 2.05) is 38.1 Å². The van der Waals surface area contributed by atoms with Crippen LogP contribution >= 0.6 is 0 Å². The number of nitrogens with zero attached hydrogens (tertiary/aromatic N) is 2. The van der Waals surface area contributed by atoms with Crippen molar-refractivity contribution in [3.63, 3.8) is 0 Å². The molecule has 0 spiro atoms. The molecule has 1 aliphatic rings. The lowest BCUT2D eigenvalue weighted by Crippen LogP contribution is -2.23. The molecule has 64 valence electrons. The van der Waals surface area contributed by atoms with Crippen LogP contribution in [0.15, 0.2) is 29.3 Å². The lowest BCUT2D eigenvalue weighted by atomic mass is 9.82. The van der Waals surface area contributed by atoms with Gasteiger partial charge < -0.3 is 0 Å². The molecule has 0 N–H and O–H groups in total. The molecule has 1 aliphatic heterocycles. The molecule has 0 saturated heterocycles. The average molecular weight is 170 g/mol. The van der Waals surface area contributed by atoms with Crippen LogP contribution in [0.2, 0.25) is 0 Å². The van der Waals surface area contributed by atoms with Crippen LogP contribution in [0.4, 0.5) is 5.69 Å². The molecule has 0 amide bonds. The van der Waals surface area contributed by atoms with E-state index < -0.39 is 0 Å². The Kier molecular flexibility index (Phi) is 1.50. The zero-order valence-electron chi connectivity index (χ0n) is 7.70. The number of hydrogen-bond donors (Lipinski definition) is 0. The molecular weight excluding hydrogens is 160 g/mol. The van der Waals surface area contributed by atoms with Crippen molar-refractivity contribution >= 4 is 11.4 Å². The van der Waals surface area contributed by atoms with Gasteiger partial charge in [0.1, 0.15) is 11.8 Å². The van der Waals surface area contributed by atoms with Gasteiger partial charge in [-0.15, -0.1) is 0 Å². The molecule has 2 nitrogen and oxygen atoms in total. The Morgan fingerprint density at radius 1 is 1.31 bits per heavy atom. The minimum atomic E-state index is -0.217. The van der Waals surface area contributed by atoms with Gasteiger partial charge in [-0.05, 0) is 25.5 Å². The van der Waals surface area contributed by atoms with E-state index in [0.717, 1.165) is 11.3 Å². The van der Waals surface area contributed by atoms with Gasteiger partial charge in [0.05, 0.1) is 5.69 Å². The van der Waals surface area contributed by atoms with E-state index >= 15 is 0 Å². The van der Waals surface area contributed by atoms with Crippen LogP contribution < -0.4 is 0 Å². The predicted octanol–water partition coefficient (Wildman–Crippen LogP) is 2.57. The molecule has 2 heteroatoms. The van der Waals surface area contributed by atoms with Gasteiger partial charge in [-0.3, -0.25) is 0 Å². The van der Waals surface area contributed by atoms with E-state index in [0.29, 0.717) is 5.71 Å². The van der Waals surface area contributed by atoms with Crippen molar-refractivity contribution in [2.24, 2.45) is 4.99 Å². The second kappa shape index (κ2) is 2.43. The zero-order chi connectivity index (χ0) is 9.47. The van der Waals surface area contributed by atoms with Crippen molar-refractivity contribution in [2.45, 2.75) is 19.3 Å². The molecule has 0 saturated carbocycles. The molecule has 0 atom stereocenters. The molecular formula is C11H10N2. The first-order chi connectivity index (χ1) is 6.16. The minimum Gasteiger partial charge on any atom is -0.241 e. The SMILES string of the molecule is CC1(C)C(C#N)=Nc2ccccc21. The predicted molar refractivity (Wildman–Crippen MR) is 52.2 cm³/mol. The maximum Gasteiger partial charge on any atom is 0.128 e. The van der Waals surface area contributed by atoms with Gasteiger partial charge in [-0.25, -0.2) is 4.99 Å². The number of hydrogen-bond acceptors (Lipinski definition) is 2. The number of para-hydroxylation sites is 1. The van der Waals surface area contributed by atoms with Gasteiger partial charge >= 0.3 is 0 Å². The van der Waals surface area contributed by atoms with Gasteiger partial charge in [0.25, 0.3) is 0 Å². The summed E-state index contributed by atoms with van der Waals surface area (Å²) < 4.78 is 0. The Labute approximate surface area is 77.5 Å². The second-order valence-electron chi connectivity index (χ2n) is 3.71. The van der Waals surface area contributed by atoms with Crippen molar-refractivity contribution in [3.8, 4) is 6.07 Å². The molecule has 0 aromatic heterocycles. The fourth-order valence-corrected chi connectivity index (χ4v) is 1.65. The first-order valence-electron chi connectivity index (χ1n) is 4.25. The summed E-state index contributed by atoms with van der Waals surface area (Å²) in [6.07, 6.45) is 0. The smallest absolute Gasteiger partial charge is 0.128 e. The summed E-state index contributed by atoms with van der Waals surface area (Å²) in [5, 5.41) is 8.89. The van der Waals surface area contributed by atoms with E-state index in [1.165, 1.54) is 0 Å². The number of fused-ring (bicyclic) bond motifs is 1. The molecule has 1 heterocycles. The van der Waals surface area contributed by atoms with Gasteiger partial charge in [0.15, 0.2) is 0 Å². The first-order valence-corrected chi connectivity index (χ1v) is 4.25. The van der Waals surface area contributed by atoms with Crippen molar-refractivity contribution in [1.29, 1.82) is 5.26 Å². The molecule has 0 unspecified atom stereocenters. The van der Waals surface area contributed by atoms with E-state index in [-0.39, 0.29) is 5.41 Å². The lowest BCUT2D eigenvalue weighted by molar-refractivity contribution is 0.741. The summed E-state index contributed by atoms with van der Waals surface area (Å²) in [6.45, 7) is 4.06. The van der Waals surface area contributed by atoms with E-state index in [4.69, 9.17) is 5.26 Å². The first kappa shape index (κ1) is 8.00. The summed E-state index contributed by atoms with van der Waals surface area (Å²) in [7, 11) is 0. The van der Waals surface area contributed by atoms with Crippen molar-refractivity contribution in [1.82, 2.24) is 0 Å². The Morgan fingerprint density at radius 3 is 2.62 bits per heavy atom. The van der Waals surface area contributed by atoms with E-state index in [1.54, 1.807) is 0 Å². The highest BCUT2D eigenvalue weighted by Crippen LogP contribution is 2.39. The van der Waals surface area contributed by atoms with Crippen LogP contribution in [-0.2, 0) is 5.41 Å². The summed E-state index contributed by atoms with van der Waals surface area (Å²) in [6, 6.07) is 10.1. The summed E-state index contributed by atoms with van der Waals surface area (Å²) in [5.74, 6) is 0. The maximum absolute atomic E-state index is 8.89. The highest BCUT2D eigenvalue weighted by molar-refractivity contribution is 6.10. The molecule has 0 bridgehead atoms. The quantitative estimate of drug-likeness (QED) is 0.589. The number of aliphatic imine (C=N–C) groups is 1. The zero-order valence-corrected chi connectivity index (χ0v) is 7.70. The molecule has 13 heavy (non-hydrogen) atoms. The monoisotopic (exact) mass is 170 g/mol. The highest BCUT2D eigenvalue weighted by Gasteiger charge is 2.34. The number of rotatable bonds is 0. The van der Waals surface area contributed by atoms with Crippen LogP contribution in [-0.4, -0.2) is 5.71 Å². The van der Waals surface area contributed by atoms with Crippen molar-refractivity contribution in [2.75, 3.05) is 0 Å². The van der Waals surface area contributed by atoms with Gasteiger partial charge in [0.2, 0.25) is 0 Å². The maximum atomic E-state index is 8.89. The summed E-state index contributed by atoms with van der Waals surface area (Å²) >= 11 is 0. The third kappa shape index (κ3) is 0.972. The molecule has 0 fully saturated rings. The van der Waals surface area contributed by atoms with Crippen LogP contribution in [0.1, 0.15) is 19.4 Å². The highest BCUT2D eigenvalue weighted by atomic mass is 14.8. The molecule has 1 aromatic rings. The third-order valence-electron chi connectivity index (χ3n) is 2.51. The molecule has 2 rings (SSSR count). The van der Waals surface area contributed by atoms with Gasteiger partial charge in [0, 0.05) is 5.41 Å². The Hall–Kier alpha value is -1.62. The van der Waals surface area contributed by atoms with Crippen molar-refractivity contribution < 1.29 is 0 Å². The third-order valence-corrected chi connectivity index (χ3v) is 2.51. The molecule has 0 aliphatic carbocycles. The normalized spacial score (nSPS) is 17.5. The number of nitriles is 1. The Bertz CT molecular complexity index is 422. The van der Waals surface area contributed by atoms with E-state index in [9.17, 15) is 0 Å². The summed E-state index contributed by atoms with van der Waals surface area (Å²) in [5.41, 5.74) is 2.47. The Balaban J connectivity index is 2.66. The molecule has 1 aromatic carbocycles. The summed E-state index contributed by atoms with van der Waals surface area (Å²) in [4.78, 5) is 4.28. The van der Waals surface area contributed by atoms with Crippen LogP contribution in [0.25, 0.3) is 0 Å².